The highest BCUT2D eigenvalue weighted by atomic mass is 19.1. The van der Waals surface area contributed by atoms with Gasteiger partial charge < -0.3 is 15.5 Å². The minimum Gasteiger partial charge on any atom is -0.356 e. The lowest BCUT2D eigenvalue weighted by molar-refractivity contribution is -0.124. The van der Waals surface area contributed by atoms with Crippen molar-refractivity contribution in [3.63, 3.8) is 0 Å². The summed E-state index contributed by atoms with van der Waals surface area (Å²) in [5.74, 6) is 1.55. The van der Waals surface area contributed by atoms with E-state index < -0.39 is 0 Å². The van der Waals surface area contributed by atoms with Crippen LogP contribution in [-0.2, 0) is 16.1 Å². The van der Waals surface area contributed by atoms with Gasteiger partial charge in [0.15, 0.2) is 0 Å². The first-order valence-corrected chi connectivity index (χ1v) is 12.2. The number of carbonyl (C=O) groups is 2. The standard InChI is InChI=1S/C28H33FN4O2/c1-18-12-19(2)17-33(16-18)26-13-20(3)24-14-23(8-9-25(24)32-26)31-28(35)11-10-27(34)30-15-21-4-6-22(29)7-5-21/h4-9,13-14,18-19H,10-12,15-17H2,1-3H3,(H,30,34)(H,31,35). The van der Waals surface area contributed by atoms with Crippen molar-refractivity contribution >= 4 is 34.2 Å². The topological polar surface area (TPSA) is 74.3 Å². The summed E-state index contributed by atoms with van der Waals surface area (Å²) in [5.41, 5.74) is 3.51. The summed E-state index contributed by atoms with van der Waals surface area (Å²) < 4.78 is 13.0. The number of piperidine rings is 1. The normalized spacial score (nSPS) is 17.9. The van der Waals surface area contributed by atoms with E-state index in [0.29, 0.717) is 24.1 Å². The molecule has 0 saturated carbocycles. The predicted octanol–water partition coefficient (Wildman–Crippen LogP) is 5.20. The van der Waals surface area contributed by atoms with Gasteiger partial charge in [-0.2, -0.15) is 0 Å². The molecule has 2 atom stereocenters. The third-order valence-corrected chi connectivity index (χ3v) is 6.46. The Morgan fingerprint density at radius 2 is 1.69 bits per heavy atom. The fourth-order valence-electron chi connectivity index (χ4n) is 4.81. The molecule has 1 fully saturated rings. The molecule has 0 aliphatic carbocycles. The molecule has 2 heterocycles. The number of benzene rings is 2. The number of carbonyl (C=O) groups excluding carboxylic acids is 2. The van der Waals surface area contributed by atoms with Crippen LogP contribution in [0.2, 0.25) is 0 Å². The van der Waals surface area contributed by atoms with Gasteiger partial charge >= 0.3 is 0 Å². The highest BCUT2D eigenvalue weighted by Gasteiger charge is 2.23. The van der Waals surface area contributed by atoms with Crippen LogP contribution in [0.15, 0.2) is 48.5 Å². The van der Waals surface area contributed by atoms with Gasteiger partial charge in [-0.15, -0.1) is 0 Å². The second-order valence-corrected chi connectivity index (χ2v) is 9.83. The summed E-state index contributed by atoms with van der Waals surface area (Å²) in [7, 11) is 0. The molecule has 1 aromatic heterocycles. The summed E-state index contributed by atoms with van der Waals surface area (Å²) in [5, 5.41) is 6.64. The summed E-state index contributed by atoms with van der Waals surface area (Å²) in [4.78, 5) is 31.8. The van der Waals surface area contributed by atoms with Crippen LogP contribution in [0.1, 0.15) is 44.2 Å². The average molecular weight is 477 g/mol. The Hall–Kier alpha value is -3.48. The third kappa shape index (κ3) is 6.56. The maximum atomic E-state index is 13.0. The Morgan fingerprint density at radius 3 is 2.40 bits per heavy atom. The molecule has 7 heteroatoms. The third-order valence-electron chi connectivity index (χ3n) is 6.46. The van der Waals surface area contributed by atoms with Crippen molar-refractivity contribution in [2.45, 2.75) is 46.6 Å². The first-order chi connectivity index (χ1) is 16.8. The molecule has 184 valence electrons. The second-order valence-electron chi connectivity index (χ2n) is 9.83. The molecule has 6 nitrogen and oxygen atoms in total. The predicted molar refractivity (Wildman–Crippen MR) is 138 cm³/mol. The van der Waals surface area contributed by atoms with Gasteiger partial charge in [0.05, 0.1) is 5.52 Å². The molecule has 1 aliphatic rings. The fourth-order valence-corrected chi connectivity index (χ4v) is 4.81. The van der Waals surface area contributed by atoms with Crippen molar-refractivity contribution in [2.24, 2.45) is 11.8 Å². The van der Waals surface area contributed by atoms with Gasteiger partial charge in [0, 0.05) is 43.5 Å². The van der Waals surface area contributed by atoms with E-state index in [1.807, 2.05) is 18.2 Å². The molecule has 2 amide bonds. The van der Waals surface area contributed by atoms with Gasteiger partial charge in [-0.25, -0.2) is 9.37 Å². The lowest BCUT2D eigenvalue weighted by Crippen LogP contribution is -2.39. The maximum absolute atomic E-state index is 13.0. The van der Waals surface area contributed by atoms with Crippen molar-refractivity contribution in [3.8, 4) is 0 Å². The first kappa shape index (κ1) is 24.6. The van der Waals surface area contributed by atoms with Crippen LogP contribution in [0, 0.1) is 24.6 Å². The number of fused-ring (bicyclic) bond motifs is 1. The molecule has 3 aromatic rings. The number of rotatable bonds is 7. The molecular weight excluding hydrogens is 443 g/mol. The fraction of sp³-hybridized carbons (Fsp3) is 0.393. The van der Waals surface area contributed by atoms with Gasteiger partial charge in [0.1, 0.15) is 11.6 Å². The number of aryl methyl sites for hydroxylation is 1. The van der Waals surface area contributed by atoms with Gasteiger partial charge in [-0.05, 0) is 72.7 Å². The van der Waals surface area contributed by atoms with Crippen LogP contribution in [0.25, 0.3) is 10.9 Å². The van der Waals surface area contributed by atoms with E-state index in [1.165, 1.54) is 18.6 Å². The molecule has 0 spiro atoms. The Morgan fingerprint density at radius 1 is 1.00 bits per heavy atom. The minimum atomic E-state index is -0.317. The molecule has 0 bridgehead atoms. The summed E-state index contributed by atoms with van der Waals surface area (Å²) in [6, 6.07) is 13.8. The van der Waals surface area contributed by atoms with Crippen molar-refractivity contribution in [2.75, 3.05) is 23.3 Å². The van der Waals surface area contributed by atoms with E-state index in [0.717, 1.165) is 40.9 Å². The molecule has 1 saturated heterocycles. The van der Waals surface area contributed by atoms with Crippen LogP contribution in [0.4, 0.5) is 15.9 Å². The number of amides is 2. The smallest absolute Gasteiger partial charge is 0.224 e. The second kappa shape index (κ2) is 10.8. The van der Waals surface area contributed by atoms with Crippen molar-refractivity contribution < 1.29 is 14.0 Å². The van der Waals surface area contributed by atoms with E-state index >= 15 is 0 Å². The molecule has 1 aliphatic heterocycles. The Bertz CT molecular complexity index is 1200. The average Bonchev–Trinajstić information content (AvgIpc) is 2.82. The lowest BCUT2D eigenvalue weighted by atomic mass is 9.92. The van der Waals surface area contributed by atoms with Crippen LogP contribution in [0.3, 0.4) is 0 Å². The Labute approximate surface area is 205 Å². The number of nitrogens with zero attached hydrogens (tertiary/aromatic N) is 2. The maximum Gasteiger partial charge on any atom is 0.224 e. The monoisotopic (exact) mass is 476 g/mol. The van der Waals surface area contributed by atoms with Crippen LogP contribution in [-0.4, -0.2) is 29.9 Å². The molecule has 2 aromatic carbocycles. The molecule has 0 radical (unpaired) electrons. The zero-order valence-corrected chi connectivity index (χ0v) is 20.6. The van der Waals surface area contributed by atoms with E-state index in [1.54, 1.807) is 12.1 Å². The number of halogens is 1. The largest absolute Gasteiger partial charge is 0.356 e. The zero-order chi connectivity index (χ0) is 24.9. The zero-order valence-electron chi connectivity index (χ0n) is 20.6. The Balaban J connectivity index is 1.33. The van der Waals surface area contributed by atoms with Crippen LogP contribution >= 0.6 is 0 Å². The number of hydrogen-bond acceptors (Lipinski definition) is 4. The van der Waals surface area contributed by atoms with Gasteiger partial charge in [-0.3, -0.25) is 9.59 Å². The van der Waals surface area contributed by atoms with Crippen molar-refractivity contribution in [3.05, 3.63) is 65.5 Å². The molecule has 4 rings (SSSR count). The first-order valence-electron chi connectivity index (χ1n) is 12.2. The van der Waals surface area contributed by atoms with E-state index in [9.17, 15) is 14.0 Å². The highest BCUT2D eigenvalue weighted by Crippen LogP contribution is 2.29. The summed E-state index contributed by atoms with van der Waals surface area (Å²) in [6.45, 7) is 9.00. The quantitative estimate of drug-likeness (QED) is 0.492. The van der Waals surface area contributed by atoms with Crippen molar-refractivity contribution in [1.82, 2.24) is 10.3 Å². The molecule has 35 heavy (non-hydrogen) atoms. The minimum absolute atomic E-state index is 0.0782. The number of aromatic nitrogens is 1. The van der Waals surface area contributed by atoms with E-state index in [4.69, 9.17) is 4.98 Å². The lowest BCUT2D eigenvalue weighted by Gasteiger charge is -2.36. The van der Waals surface area contributed by atoms with Crippen molar-refractivity contribution in [1.29, 1.82) is 0 Å². The SMILES string of the molecule is Cc1cc(N2CC(C)CC(C)C2)nc2ccc(NC(=O)CCC(=O)NCc3ccc(F)cc3)cc12. The number of pyridine rings is 1. The van der Waals surface area contributed by atoms with E-state index in [2.05, 4.69) is 42.4 Å². The number of anilines is 2. The van der Waals surface area contributed by atoms with Crippen LogP contribution in [0.5, 0.6) is 0 Å². The number of nitrogens with one attached hydrogen (secondary N) is 2. The molecule has 2 unspecified atom stereocenters. The van der Waals surface area contributed by atoms with Gasteiger partial charge in [0.2, 0.25) is 11.8 Å². The Kier molecular flexibility index (Phi) is 7.63. The highest BCUT2D eigenvalue weighted by molar-refractivity contribution is 5.96. The van der Waals surface area contributed by atoms with E-state index in [-0.39, 0.29) is 30.5 Å². The van der Waals surface area contributed by atoms with Gasteiger partial charge in [0.25, 0.3) is 0 Å². The molecule has 2 N–H and O–H groups in total. The number of hydrogen-bond donors (Lipinski definition) is 2. The molecular formula is C28H33FN4O2. The van der Waals surface area contributed by atoms with Gasteiger partial charge in [-0.1, -0.05) is 26.0 Å². The summed E-state index contributed by atoms with van der Waals surface area (Å²) >= 11 is 0. The van der Waals surface area contributed by atoms with Crippen LogP contribution < -0.4 is 15.5 Å². The summed E-state index contributed by atoms with van der Waals surface area (Å²) in [6.07, 6.45) is 1.41.